The summed E-state index contributed by atoms with van der Waals surface area (Å²) in [6, 6.07) is 8.24. The van der Waals surface area contributed by atoms with E-state index in [4.69, 9.17) is 4.74 Å². The normalized spacial score (nSPS) is 10.1. The molecule has 0 radical (unpaired) electrons. The Morgan fingerprint density at radius 1 is 1.43 bits per heavy atom. The van der Waals surface area contributed by atoms with Gasteiger partial charge in [0.1, 0.15) is 5.75 Å². The smallest absolute Gasteiger partial charge is 0.301 e. The predicted octanol–water partition coefficient (Wildman–Crippen LogP) is 2.97. The molecule has 0 saturated heterocycles. The van der Waals surface area contributed by atoms with Gasteiger partial charge in [0.25, 0.3) is 0 Å². The third-order valence-corrected chi connectivity index (χ3v) is 2.28. The second-order valence-electron chi connectivity index (χ2n) is 2.88. The highest BCUT2D eigenvalue weighted by Gasteiger charge is 2.01. The summed E-state index contributed by atoms with van der Waals surface area (Å²) in [4.78, 5) is 4.07. The van der Waals surface area contributed by atoms with E-state index in [1.807, 2.05) is 42.1 Å². The van der Waals surface area contributed by atoms with E-state index in [0.717, 1.165) is 10.2 Å². The first-order chi connectivity index (χ1) is 6.75. The topological polar surface area (TPSA) is 27.1 Å². The van der Waals surface area contributed by atoms with Gasteiger partial charge in [-0.2, -0.15) is 0 Å². The Kier molecular flexibility index (Phi) is 2.54. The van der Waals surface area contributed by atoms with Gasteiger partial charge in [0.05, 0.1) is 0 Å². The highest BCUT2D eigenvalue weighted by molar-refractivity contribution is 9.10. The molecular formula is C10H9BrN2O. The molecule has 0 fully saturated rings. The minimum atomic E-state index is 0.586. The van der Waals surface area contributed by atoms with E-state index in [1.165, 1.54) is 0 Å². The fraction of sp³-hybridized carbons (Fsp3) is 0.100. The van der Waals surface area contributed by atoms with E-state index in [-0.39, 0.29) is 0 Å². The molecule has 0 unspecified atom stereocenters. The summed E-state index contributed by atoms with van der Waals surface area (Å²) in [6.45, 7) is 0. The molecule has 3 nitrogen and oxygen atoms in total. The number of aryl methyl sites for hydroxylation is 1. The summed E-state index contributed by atoms with van der Waals surface area (Å²) >= 11 is 3.38. The van der Waals surface area contributed by atoms with Crippen LogP contribution in [0.5, 0.6) is 11.8 Å². The zero-order valence-electron chi connectivity index (χ0n) is 7.64. The van der Waals surface area contributed by atoms with E-state index in [0.29, 0.717) is 6.01 Å². The summed E-state index contributed by atoms with van der Waals surface area (Å²) < 4.78 is 8.36. The lowest BCUT2D eigenvalue weighted by atomic mass is 10.3. The lowest BCUT2D eigenvalue weighted by molar-refractivity contribution is 0.424. The maximum Gasteiger partial charge on any atom is 0.301 e. The highest BCUT2D eigenvalue weighted by Crippen LogP contribution is 2.22. The highest BCUT2D eigenvalue weighted by atomic mass is 79.9. The van der Waals surface area contributed by atoms with Crippen LogP contribution in [0.25, 0.3) is 0 Å². The number of nitrogens with zero attached hydrogens (tertiary/aromatic N) is 2. The van der Waals surface area contributed by atoms with Crippen molar-refractivity contribution < 1.29 is 4.74 Å². The number of hydrogen-bond donors (Lipinski definition) is 0. The van der Waals surface area contributed by atoms with Gasteiger partial charge in [0.2, 0.25) is 0 Å². The van der Waals surface area contributed by atoms with Gasteiger partial charge < -0.3 is 9.30 Å². The van der Waals surface area contributed by atoms with Crippen LogP contribution in [0.2, 0.25) is 0 Å². The second kappa shape index (κ2) is 3.84. The van der Waals surface area contributed by atoms with Crippen LogP contribution in [0.3, 0.4) is 0 Å². The van der Waals surface area contributed by atoms with Crippen molar-refractivity contribution in [2.75, 3.05) is 0 Å². The largest absolute Gasteiger partial charge is 0.425 e. The van der Waals surface area contributed by atoms with Crippen molar-refractivity contribution in [2.24, 2.45) is 7.05 Å². The lowest BCUT2D eigenvalue weighted by Gasteiger charge is -2.04. The molecule has 2 aromatic rings. The van der Waals surface area contributed by atoms with E-state index in [2.05, 4.69) is 20.9 Å². The number of imidazole rings is 1. The quantitative estimate of drug-likeness (QED) is 0.822. The number of hydrogen-bond acceptors (Lipinski definition) is 2. The maximum absolute atomic E-state index is 5.55. The van der Waals surface area contributed by atoms with E-state index >= 15 is 0 Å². The van der Waals surface area contributed by atoms with Gasteiger partial charge in [-0.3, -0.25) is 0 Å². The molecule has 4 heteroatoms. The Bertz CT molecular complexity index is 439. The van der Waals surface area contributed by atoms with Gasteiger partial charge in [-0.15, -0.1) is 0 Å². The molecule has 14 heavy (non-hydrogen) atoms. The van der Waals surface area contributed by atoms with Gasteiger partial charge in [-0.25, -0.2) is 4.98 Å². The van der Waals surface area contributed by atoms with Crippen molar-refractivity contribution >= 4 is 15.9 Å². The number of aromatic nitrogens is 2. The minimum Gasteiger partial charge on any atom is -0.425 e. The minimum absolute atomic E-state index is 0.586. The zero-order valence-corrected chi connectivity index (χ0v) is 9.23. The Hall–Kier alpha value is -1.29. The van der Waals surface area contributed by atoms with Crippen molar-refractivity contribution in [3.8, 4) is 11.8 Å². The standard InChI is InChI=1S/C10H9BrN2O/c1-13-6-5-12-10(13)14-9-4-2-3-8(11)7-9/h2-7H,1H3. The summed E-state index contributed by atoms with van der Waals surface area (Å²) in [6.07, 6.45) is 3.54. The first-order valence-corrected chi connectivity index (χ1v) is 4.96. The number of benzene rings is 1. The molecule has 1 aromatic carbocycles. The van der Waals surface area contributed by atoms with Crippen LogP contribution in [-0.4, -0.2) is 9.55 Å². The van der Waals surface area contributed by atoms with E-state index in [9.17, 15) is 0 Å². The molecule has 0 N–H and O–H groups in total. The summed E-state index contributed by atoms with van der Waals surface area (Å²) in [5.74, 6) is 0.772. The van der Waals surface area contributed by atoms with Crippen molar-refractivity contribution in [1.82, 2.24) is 9.55 Å². The zero-order chi connectivity index (χ0) is 9.97. The van der Waals surface area contributed by atoms with Crippen LogP contribution >= 0.6 is 15.9 Å². The SMILES string of the molecule is Cn1ccnc1Oc1cccc(Br)c1. The molecule has 0 amide bonds. The third kappa shape index (κ3) is 1.96. The average Bonchev–Trinajstić information content (AvgIpc) is 2.52. The van der Waals surface area contributed by atoms with E-state index in [1.54, 1.807) is 6.20 Å². The van der Waals surface area contributed by atoms with Crippen LogP contribution in [0, 0.1) is 0 Å². The number of halogens is 1. The predicted molar refractivity (Wildman–Crippen MR) is 57.4 cm³/mol. The molecule has 0 aliphatic heterocycles. The van der Waals surface area contributed by atoms with Gasteiger partial charge >= 0.3 is 6.01 Å². The fourth-order valence-electron chi connectivity index (χ4n) is 1.09. The van der Waals surface area contributed by atoms with E-state index < -0.39 is 0 Å². The van der Waals surface area contributed by atoms with Crippen LogP contribution in [-0.2, 0) is 7.05 Å². The molecule has 0 spiro atoms. The van der Waals surface area contributed by atoms with Crippen molar-refractivity contribution in [3.63, 3.8) is 0 Å². The number of ether oxygens (including phenoxy) is 1. The molecule has 0 bridgehead atoms. The van der Waals surface area contributed by atoms with Crippen LogP contribution in [0.15, 0.2) is 41.1 Å². The fourth-order valence-corrected chi connectivity index (χ4v) is 1.46. The third-order valence-electron chi connectivity index (χ3n) is 1.78. The van der Waals surface area contributed by atoms with Crippen LogP contribution in [0.4, 0.5) is 0 Å². The van der Waals surface area contributed by atoms with Gasteiger partial charge in [0, 0.05) is 23.9 Å². The molecule has 1 heterocycles. The first-order valence-electron chi connectivity index (χ1n) is 4.16. The number of rotatable bonds is 2. The van der Waals surface area contributed by atoms with Crippen LogP contribution in [0.1, 0.15) is 0 Å². The molecule has 1 aromatic heterocycles. The van der Waals surface area contributed by atoms with Crippen molar-refractivity contribution in [3.05, 3.63) is 41.1 Å². The molecule has 2 rings (SSSR count). The Labute approximate surface area is 90.5 Å². The molecule has 0 aliphatic carbocycles. The molecule has 0 aliphatic rings. The van der Waals surface area contributed by atoms with Crippen LogP contribution < -0.4 is 4.74 Å². The molecule has 72 valence electrons. The van der Waals surface area contributed by atoms with Gasteiger partial charge in [-0.05, 0) is 18.2 Å². The average molecular weight is 253 g/mol. The molecule has 0 atom stereocenters. The second-order valence-corrected chi connectivity index (χ2v) is 3.80. The summed E-state index contributed by atoms with van der Waals surface area (Å²) in [5, 5.41) is 0. The summed E-state index contributed by atoms with van der Waals surface area (Å²) in [5.41, 5.74) is 0. The van der Waals surface area contributed by atoms with Crippen molar-refractivity contribution in [2.45, 2.75) is 0 Å². The van der Waals surface area contributed by atoms with Gasteiger partial charge in [0.15, 0.2) is 0 Å². The molecular weight excluding hydrogens is 244 g/mol. The van der Waals surface area contributed by atoms with Crippen molar-refractivity contribution in [1.29, 1.82) is 0 Å². The van der Waals surface area contributed by atoms with Gasteiger partial charge in [-0.1, -0.05) is 22.0 Å². The summed E-state index contributed by atoms with van der Waals surface area (Å²) in [7, 11) is 1.89. The monoisotopic (exact) mass is 252 g/mol. The first kappa shape index (κ1) is 9.27. The Balaban J connectivity index is 2.23. The molecule has 0 saturated carbocycles. The lowest BCUT2D eigenvalue weighted by Crippen LogP contribution is -1.93. The Morgan fingerprint density at radius 3 is 2.93 bits per heavy atom. The Morgan fingerprint density at radius 2 is 2.29 bits per heavy atom. The maximum atomic E-state index is 5.55.